The molecule has 0 aliphatic carbocycles. The number of aromatic amines is 1. The van der Waals surface area contributed by atoms with Gasteiger partial charge in [-0.25, -0.2) is 9.78 Å². The molecule has 1 unspecified atom stereocenters. The van der Waals surface area contributed by atoms with Crippen molar-refractivity contribution in [2.24, 2.45) is 0 Å². The maximum atomic E-state index is 12.2. The SMILES string of the molecule is O=C1NCC2(CCCN(Cc3nc4ccccc4[nH]c3=O)C2)O1. The molecule has 2 saturated heterocycles. The number of hydrogen-bond acceptors (Lipinski definition) is 5. The predicted octanol–water partition coefficient (Wildman–Crippen LogP) is 0.997. The molecule has 1 aromatic heterocycles. The summed E-state index contributed by atoms with van der Waals surface area (Å²) in [4.78, 5) is 33.1. The van der Waals surface area contributed by atoms with E-state index in [4.69, 9.17) is 4.74 Å². The second-order valence-corrected chi connectivity index (χ2v) is 6.27. The van der Waals surface area contributed by atoms with E-state index in [1.165, 1.54) is 0 Å². The van der Waals surface area contributed by atoms with Crippen molar-refractivity contribution in [3.05, 3.63) is 40.3 Å². The van der Waals surface area contributed by atoms with E-state index in [9.17, 15) is 9.59 Å². The summed E-state index contributed by atoms with van der Waals surface area (Å²) in [5.74, 6) is 0. The van der Waals surface area contributed by atoms with E-state index in [0.29, 0.717) is 25.3 Å². The van der Waals surface area contributed by atoms with E-state index in [-0.39, 0.29) is 11.7 Å². The van der Waals surface area contributed by atoms with Crippen LogP contribution in [0.5, 0.6) is 0 Å². The highest BCUT2D eigenvalue weighted by molar-refractivity contribution is 5.73. The first kappa shape index (κ1) is 14.2. The number of rotatable bonds is 2. The summed E-state index contributed by atoms with van der Waals surface area (Å²) in [5.41, 5.74) is 1.40. The normalized spacial score (nSPS) is 24.8. The summed E-state index contributed by atoms with van der Waals surface area (Å²) in [6.07, 6.45) is 1.43. The lowest BCUT2D eigenvalue weighted by Gasteiger charge is -2.37. The number of piperidine rings is 1. The molecular formula is C16H18N4O3. The number of carbonyl (C=O) groups excluding carboxylic acids is 1. The summed E-state index contributed by atoms with van der Waals surface area (Å²) in [5, 5.41) is 2.73. The van der Waals surface area contributed by atoms with Crippen LogP contribution in [-0.4, -0.2) is 46.2 Å². The number of H-pyrrole nitrogens is 1. The average molecular weight is 314 g/mol. The van der Waals surface area contributed by atoms with Crippen LogP contribution < -0.4 is 10.9 Å². The molecule has 0 saturated carbocycles. The fraction of sp³-hybridized carbons (Fsp3) is 0.438. The first-order chi connectivity index (χ1) is 11.1. The van der Waals surface area contributed by atoms with Crippen LogP contribution in [0.2, 0.25) is 0 Å². The summed E-state index contributed by atoms with van der Waals surface area (Å²) in [6, 6.07) is 7.49. The summed E-state index contributed by atoms with van der Waals surface area (Å²) >= 11 is 0. The Morgan fingerprint density at radius 1 is 1.30 bits per heavy atom. The van der Waals surface area contributed by atoms with Crippen LogP contribution >= 0.6 is 0 Å². The summed E-state index contributed by atoms with van der Waals surface area (Å²) in [6.45, 7) is 2.48. The van der Waals surface area contributed by atoms with E-state index < -0.39 is 5.60 Å². The zero-order valence-corrected chi connectivity index (χ0v) is 12.7. The summed E-state index contributed by atoms with van der Waals surface area (Å²) < 4.78 is 5.46. The molecule has 2 aliphatic heterocycles. The average Bonchev–Trinajstić information content (AvgIpc) is 2.88. The number of benzene rings is 1. The molecule has 0 bridgehead atoms. The number of carbonyl (C=O) groups is 1. The van der Waals surface area contributed by atoms with Gasteiger partial charge in [0.25, 0.3) is 5.56 Å². The molecule has 0 radical (unpaired) electrons. The Morgan fingerprint density at radius 2 is 2.17 bits per heavy atom. The molecule has 2 N–H and O–H groups in total. The lowest BCUT2D eigenvalue weighted by Crippen LogP contribution is -2.50. The number of para-hydroxylation sites is 2. The van der Waals surface area contributed by atoms with Crippen molar-refractivity contribution in [2.75, 3.05) is 19.6 Å². The van der Waals surface area contributed by atoms with Crippen LogP contribution in [0.3, 0.4) is 0 Å². The third-order valence-electron chi connectivity index (χ3n) is 4.53. The van der Waals surface area contributed by atoms with Gasteiger partial charge in [-0.1, -0.05) is 12.1 Å². The van der Waals surface area contributed by atoms with Gasteiger partial charge in [0.05, 0.1) is 17.6 Å². The van der Waals surface area contributed by atoms with Crippen LogP contribution in [0.1, 0.15) is 18.5 Å². The van der Waals surface area contributed by atoms with E-state index in [0.717, 1.165) is 30.4 Å². The predicted molar refractivity (Wildman–Crippen MR) is 84.1 cm³/mol. The second-order valence-electron chi connectivity index (χ2n) is 6.27. The van der Waals surface area contributed by atoms with Crippen LogP contribution in [0.25, 0.3) is 11.0 Å². The van der Waals surface area contributed by atoms with Crippen molar-refractivity contribution in [2.45, 2.75) is 25.0 Å². The van der Waals surface area contributed by atoms with Gasteiger partial charge in [-0.05, 0) is 31.5 Å². The van der Waals surface area contributed by atoms with Crippen LogP contribution in [-0.2, 0) is 11.3 Å². The van der Waals surface area contributed by atoms with Gasteiger partial charge in [-0.3, -0.25) is 9.69 Å². The van der Waals surface area contributed by atoms with Crippen LogP contribution in [0, 0.1) is 0 Å². The minimum absolute atomic E-state index is 0.162. The first-order valence-corrected chi connectivity index (χ1v) is 7.81. The number of amides is 1. The van der Waals surface area contributed by atoms with Crippen molar-refractivity contribution in [3.8, 4) is 0 Å². The van der Waals surface area contributed by atoms with E-state index >= 15 is 0 Å². The highest BCUT2D eigenvalue weighted by Gasteiger charge is 2.43. The fourth-order valence-corrected chi connectivity index (χ4v) is 3.44. The number of fused-ring (bicyclic) bond motifs is 1. The Bertz CT molecular complexity index is 818. The van der Waals surface area contributed by atoms with Gasteiger partial charge in [0.2, 0.25) is 0 Å². The van der Waals surface area contributed by atoms with Crippen LogP contribution in [0.15, 0.2) is 29.1 Å². The molecule has 1 spiro atoms. The molecule has 1 amide bonds. The maximum Gasteiger partial charge on any atom is 0.407 e. The van der Waals surface area contributed by atoms with Gasteiger partial charge in [0.1, 0.15) is 11.3 Å². The molecular weight excluding hydrogens is 296 g/mol. The number of ether oxygens (including phenoxy) is 1. The smallest absolute Gasteiger partial charge is 0.407 e. The molecule has 23 heavy (non-hydrogen) atoms. The molecule has 1 atom stereocenters. The molecule has 2 fully saturated rings. The van der Waals surface area contributed by atoms with E-state index in [2.05, 4.69) is 20.2 Å². The topological polar surface area (TPSA) is 87.3 Å². The molecule has 7 heteroatoms. The third kappa shape index (κ3) is 2.68. The Labute approximate surface area is 132 Å². The van der Waals surface area contributed by atoms with Crippen molar-refractivity contribution in [1.82, 2.24) is 20.2 Å². The quantitative estimate of drug-likeness (QED) is 0.863. The number of hydrogen-bond donors (Lipinski definition) is 2. The fourth-order valence-electron chi connectivity index (χ4n) is 3.44. The summed E-state index contributed by atoms with van der Waals surface area (Å²) in [7, 11) is 0. The Kier molecular flexibility index (Phi) is 3.30. The molecule has 3 heterocycles. The monoisotopic (exact) mass is 314 g/mol. The number of nitrogens with one attached hydrogen (secondary N) is 2. The van der Waals surface area contributed by atoms with Gasteiger partial charge >= 0.3 is 6.09 Å². The third-order valence-corrected chi connectivity index (χ3v) is 4.53. The van der Waals surface area contributed by atoms with Crippen LogP contribution in [0.4, 0.5) is 4.79 Å². The van der Waals surface area contributed by atoms with Crippen molar-refractivity contribution < 1.29 is 9.53 Å². The molecule has 2 aromatic rings. The second kappa shape index (κ2) is 5.34. The number of nitrogens with zero attached hydrogens (tertiary/aromatic N) is 2. The first-order valence-electron chi connectivity index (χ1n) is 7.81. The van der Waals surface area contributed by atoms with Gasteiger partial charge in [0.15, 0.2) is 0 Å². The van der Waals surface area contributed by atoms with E-state index in [1.54, 1.807) is 0 Å². The Morgan fingerprint density at radius 3 is 3.00 bits per heavy atom. The largest absolute Gasteiger partial charge is 0.440 e. The Balaban J connectivity index is 1.57. The van der Waals surface area contributed by atoms with Crippen molar-refractivity contribution in [3.63, 3.8) is 0 Å². The van der Waals surface area contributed by atoms with Crippen molar-refractivity contribution in [1.29, 1.82) is 0 Å². The molecule has 120 valence electrons. The van der Waals surface area contributed by atoms with Gasteiger partial charge in [-0.2, -0.15) is 0 Å². The highest BCUT2D eigenvalue weighted by Crippen LogP contribution is 2.28. The molecule has 1 aromatic carbocycles. The number of aromatic nitrogens is 2. The lowest BCUT2D eigenvalue weighted by molar-refractivity contribution is -0.0115. The lowest BCUT2D eigenvalue weighted by atomic mass is 9.93. The minimum atomic E-state index is -0.459. The zero-order chi connectivity index (χ0) is 15.9. The number of alkyl carbamates (subject to hydrolysis) is 1. The number of likely N-dealkylation sites (tertiary alicyclic amines) is 1. The standard InChI is InChI=1S/C16H18N4O3/c21-14-13(18-11-4-1-2-5-12(11)19-14)8-20-7-3-6-16(10-20)9-17-15(22)23-16/h1-2,4-5H,3,6-10H2,(H,17,22)(H,19,21). The van der Waals surface area contributed by atoms with Crippen molar-refractivity contribution >= 4 is 17.1 Å². The highest BCUT2D eigenvalue weighted by atomic mass is 16.6. The Hall–Kier alpha value is -2.41. The minimum Gasteiger partial charge on any atom is -0.440 e. The van der Waals surface area contributed by atoms with Gasteiger partial charge in [-0.15, -0.1) is 0 Å². The molecule has 4 rings (SSSR count). The maximum absolute atomic E-state index is 12.2. The molecule has 7 nitrogen and oxygen atoms in total. The molecule has 2 aliphatic rings. The van der Waals surface area contributed by atoms with Gasteiger partial charge < -0.3 is 15.0 Å². The van der Waals surface area contributed by atoms with Gasteiger partial charge in [0, 0.05) is 13.1 Å². The van der Waals surface area contributed by atoms with E-state index in [1.807, 2.05) is 24.3 Å². The zero-order valence-electron chi connectivity index (χ0n) is 12.7.